The van der Waals surface area contributed by atoms with Crippen LogP contribution in [0.15, 0.2) is 24.4 Å². The molecule has 0 bridgehead atoms. The van der Waals surface area contributed by atoms with E-state index in [4.69, 9.17) is 5.73 Å². The van der Waals surface area contributed by atoms with Crippen LogP contribution in [-0.2, 0) is 12.1 Å². The van der Waals surface area contributed by atoms with Crippen LogP contribution in [-0.4, -0.2) is 26.0 Å². The Bertz CT molecular complexity index is 626. The maximum absolute atomic E-state index is 14.0. The molecule has 2 rings (SSSR count). The summed E-state index contributed by atoms with van der Waals surface area (Å²) in [5.41, 5.74) is 5.03. The van der Waals surface area contributed by atoms with E-state index in [2.05, 4.69) is 32.2 Å². The zero-order valence-electron chi connectivity index (χ0n) is 13.8. The van der Waals surface area contributed by atoms with Crippen molar-refractivity contribution in [1.29, 1.82) is 0 Å². The first-order valence-electron chi connectivity index (χ1n) is 7.76. The van der Waals surface area contributed by atoms with E-state index in [0.29, 0.717) is 5.95 Å². The van der Waals surface area contributed by atoms with Crippen molar-refractivity contribution in [2.24, 2.45) is 0 Å². The summed E-state index contributed by atoms with van der Waals surface area (Å²) in [6.07, 6.45) is 4.38. The number of rotatable bonds is 7. The van der Waals surface area contributed by atoms with Crippen LogP contribution in [0.4, 0.5) is 16.3 Å². The lowest BCUT2D eigenvalue weighted by Crippen LogP contribution is -2.24. The average Bonchev–Trinajstić information content (AvgIpc) is 2.51. The van der Waals surface area contributed by atoms with Gasteiger partial charge in [-0.05, 0) is 45.2 Å². The van der Waals surface area contributed by atoms with E-state index in [0.717, 1.165) is 25.0 Å². The smallest absolute Gasteiger partial charge is 0.228 e. The van der Waals surface area contributed by atoms with Crippen LogP contribution in [0, 0.1) is 0 Å². The summed E-state index contributed by atoms with van der Waals surface area (Å²) in [5, 5.41) is 3.22. The lowest BCUT2D eigenvalue weighted by Gasteiger charge is -2.19. The number of hydrogen-bond donors (Lipinski definition) is 2. The van der Waals surface area contributed by atoms with Gasteiger partial charge in [0.2, 0.25) is 11.9 Å². The Kier molecular flexibility index (Phi) is 5.41. The van der Waals surface area contributed by atoms with Gasteiger partial charge >= 0.3 is 0 Å². The van der Waals surface area contributed by atoms with E-state index in [1.54, 1.807) is 6.20 Å². The maximum atomic E-state index is 14.0. The molecule has 2 aromatic heterocycles. The number of alkyl halides is 1. The second-order valence-corrected chi connectivity index (χ2v) is 5.92. The Balaban J connectivity index is 2.05. The zero-order chi connectivity index (χ0) is 16.9. The van der Waals surface area contributed by atoms with Crippen molar-refractivity contribution in [1.82, 2.24) is 19.9 Å². The van der Waals surface area contributed by atoms with Crippen molar-refractivity contribution in [3.8, 4) is 0 Å². The third-order valence-corrected chi connectivity index (χ3v) is 3.49. The van der Waals surface area contributed by atoms with Gasteiger partial charge in [-0.2, -0.15) is 15.0 Å². The molecular formula is C16H23FN6. The molecule has 0 aliphatic heterocycles. The molecule has 0 aliphatic rings. The monoisotopic (exact) mass is 318 g/mol. The number of hydrogen-bond acceptors (Lipinski definition) is 6. The summed E-state index contributed by atoms with van der Waals surface area (Å²) >= 11 is 0. The minimum atomic E-state index is -1.66. The van der Waals surface area contributed by atoms with Crippen LogP contribution in [0.2, 0.25) is 0 Å². The van der Waals surface area contributed by atoms with Gasteiger partial charge in [0.25, 0.3) is 0 Å². The molecule has 2 heterocycles. The highest BCUT2D eigenvalue weighted by Gasteiger charge is 2.24. The van der Waals surface area contributed by atoms with Crippen LogP contribution in [0.25, 0.3) is 0 Å². The summed E-state index contributed by atoms with van der Waals surface area (Å²) in [4.78, 5) is 16.4. The predicted molar refractivity (Wildman–Crippen MR) is 88.6 cm³/mol. The molecule has 0 radical (unpaired) electrons. The van der Waals surface area contributed by atoms with Crippen molar-refractivity contribution in [3.63, 3.8) is 0 Å². The SMILES string of the molecule is CCC(CCc1ccccn1)Nc1nc(N)nc(C(C)(C)F)n1. The molecule has 6 nitrogen and oxygen atoms in total. The molecule has 1 atom stereocenters. The van der Waals surface area contributed by atoms with E-state index in [-0.39, 0.29) is 17.8 Å². The van der Waals surface area contributed by atoms with Crippen LogP contribution in [0.3, 0.4) is 0 Å². The third kappa shape index (κ3) is 5.12. The lowest BCUT2D eigenvalue weighted by atomic mass is 10.1. The van der Waals surface area contributed by atoms with E-state index in [1.165, 1.54) is 13.8 Å². The Morgan fingerprint density at radius 1 is 1.26 bits per heavy atom. The highest BCUT2D eigenvalue weighted by Crippen LogP contribution is 2.22. The van der Waals surface area contributed by atoms with Gasteiger partial charge in [0.15, 0.2) is 11.5 Å². The number of nitrogen functional groups attached to an aromatic ring is 1. The molecule has 0 saturated carbocycles. The molecule has 124 valence electrons. The number of nitrogens with one attached hydrogen (secondary N) is 1. The first-order valence-corrected chi connectivity index (χ1v) is 7.76. The van der Waals surface area contributed by atoms with Crippen LogP contribution in [0.1, 0.15) is 45.1 Å². The fraction of sp³-hybridized carbons (Fsp3) is 0.500. The van der Waals surface area contributed by atoms with Crippen molar-refractivity contribution >= 4 is 11.9 Å². The van der Waals surface area contributed by atoms with Crippen LogP contribution >= 0.6 is 0 Å². The minimum Gasteiger partial charge on any atom is -0.368 e. The number of pyridine rings is 1. The van der Waals surface area contributed by atoms with Gasteiger partial charge in [-0.25, -0.2) is 4.39 Å². The first kappa shape index (κ1) is 17.1. The number of aryl methyl sites for hydroxylation is 1. The van der Waals surface area contributed by atoms with Crippen molar-refractivity contribution in [2.45, 2.75) is 51.7 Å². The van der Waals surface area contributed by atoms with Gasteiger partial charge in [-0.1, -0.05) is 13.0 Å². The maximum Gasteiger partial charge on any atom is 0.228 e. The number of anilines is 2. The number of aromatic nitrogens is 4. The predicted octanol–water partition coefficient (Wildman–Crippen LogP) is 2.88. The normalized spacial score (nSPS) is 12.9. The Morgan fingerprint density at radius 3 is 2.65 bits per heavy atom. The summed E-state index contributed by atoms with van der Waals surface area (Å²) in [6, 6.07) is 6.01. The van der Waals surface area contributed by atoms with E-state index < -0.39 is 5.67 Å². The standard InChI is InChI=1S/C16H23FN6/c1-4-11(8-9-12-7-5-6-10-19-12)20-15-22-13(16(2,3)17)21-14(18)23-15/h5-7,10-11H,4,8-9H2,1-3H3,(H3,18,20,21,22,23). The van der Waals surface area contributed by atoms with Gasteiger partial charge in [0.05, 0.1) is 0 Å². The second-order valence-electron chi connectivity index (χ2n) is 5.92. The fourth-order valence-corrected chi connectivity index (χ4v) is 2.15. The van der Waals surface area contributed by atoms with Gasteiger partial charge in [-0.3, -0.25) is 4.98 Å². The summed E-state index contributed by atoms with van der Waals surface area (Å²) < 4.78 is 14.0. The highest BCUT2D eigenvalue weighted by atomic mass is 19.1. The molecule has 0 aromatic carbocycles. The molecule has 1 unspecified atom stereocenters. The van der Waals surface area contributed by atoms with Crippen molar-refractivity contribution in [3.05, 3.63) is 35.9 Å². The molecule has 0 fully saturated rings. The van der Waals surface area contributed by atoms with E-state index in [9.17, 15) is 4.39 Å². The van der Waals surface area contributed by atoms with E-state index >= 15 is 0 Å². The van der Waals surface area contributed by atoms with Crippen LogP contribution in [0.5, 0.6) is 0 Å². The molecule has 2 aromatic rings. The zero-order valence-corrected chi connectivity index (χ0v) is 13.8. The molecular weight excluding hydrogens is 295 g/mol. The summed E-state index contributed by atoms with van der Waals surface area (Å²) in [5.74, 6) is 0.362. The van der Waals surface area contributed by atoms with Crippen LogP contribution < -0.4 is 11.1 Å². The first-order chi connectivity index (χ1) is 10.9. The van der Waals surface area contributed by atoms with Crippen molar-refractivity contribution in [2.75, 3.05) is 11.1 Å². The molecule has 0 spiro atoms. The van der Waals surface area contributed by atoms with E-state index in [1.807, 2.05) is 18.2 Å². The van der Waals surface area contributed by atoms with Gasteiger partial charge in [-0.15, -0.1) is 0 Å². The number of nitrogens with two attached hydrogens (primary N) is 1. The van der Waals surface area contributed by atoms with Gasteiger partial charge < -0.3 is 11.1 Å². The quantitative estimate of drug-likeness (QED) is 0.816. The molecule has 7 heteroatoms. The van der Waals surface area contributed by atoms with Crippen molar-refractivity contribution < 1.29 is 4.39 Å². The van der Waals surface area contributed by atoms with Gasteiger partial charge in [0, 0.05) is 17.9 Å². The molecule has 0 amide bonds. The topological polar surface area (TPSA) is 89.6 Å². The fourth-order valence-electron chi connectivity index (χ4n) is 2.15. The van der Waals surface area contributed by atoms with Gasteiger partial charge in [0.1, 0.15) is 0 Å². The highest BCUT2D eigenvalue weighted by molar-refractivity contribution is 5.33. The second kappa shape index (κ2) is 7.30. The Morgan fingerprint density at radius 2 is 2.04 bits per heavy atom. The Labute approximate surface area is 135 Å². The molecule has 23 heavy (non-hydrogen) atoms. The molecule has 0 saturated heterocycles. The average molecular weight is 318 g/mol. The largest absolute Gasteiger partial charge is 0.368 e. The Hall–Kier alpha value is -2.31. The molecule has 0 aliphatic carbocycles. The minimum absolute atomic E-state index is 0.0165. The third-order valence-electron chi connectivity index (χ3n) is 3.49. The number of nitrogens with zero attached hydrogens (tertiary/aromatic N) is 4. The molecule has 3 N–H and O–H groups in total. The lowest BCUT2D eigenvalue weighted by molar-refractivity contribution is 0.206. The number of halogens is 1. The summed E-state index contributed by atoms with van der Waals surface area (Å²) in [7, 11) is 0. The summed E-state index contributed by atoms with van der Waals surface area (Å²) in [6.45, 7) is 4.86.